The maximum absolute atomic E-state index is 12.1. The Balaban J connectivity index is 2.70. The van der Waals surface area contributed by atoms with Gasteiger partial charge in [-0.25, -0.2) is 4.79 Å². The SMILES string of the molecule is CCNC(=O)[C@@H](C)OC(=O)c1cccc(OC(F)F)c1. The van der Waals surface area contributed by atoms with Crippen molar-refractivity contribution >= 4 is 11.9 Å². The average molecular weight is 287 g/mol. The summed E-state index contributed by atoms with van der Waals surface area (Å²) in [5.41, 5.74) is 0.0271. The third kappa shape index (κ3) is 4.83. The Kier molecular flexibility index (Phi) is 5.89. The number of likely N-dealkylation sites (N-methyl/N-ethyl adjacent to an activating group) is 1. The van der Waals surface area contributed by atoms with Gasteiger partial charge in [0.2, 0.25) is 0 Å². The van der Waals surface area contributed by atoms with Gasteiger partial charge < -0.3 is 14.8 Å². The molecule has 0 fully saturated rings. The van der Waals surface area contributed by atoms with E-state index in [0.29, 0.717) is 6.54 Å². The van der Waals surface area contributed by atoms with Gasteiger partial charge in [-0.15, -0.1) is 0 Å². The Morgan fingerprint density at radius 3 is 2.65 bits per heavy atom. The zero-order valence-electron chi connectivity index (χ0n) is 11.1. The van der Waals surface area contributed by atoms with Gasteiger partial charge >= 0.3 is 12.6 Å². The zero-order chi connectivity index (χ0) is 15.1. The molecular formula is C13H15F2NO4. The minimum atomic E-state index is -2.98. The number of halogens is 2. The van der Waals surface area contributed by atoms with Crippen LogP contribution in [0.15, 0.2) is 24.3 Å². The van der Waals surface area contributed by atoms with Crippen molar-refractivity contribution < 1.29 is 27.8 Å². The number of hydrogen-bond donors (Lipinski definition) is 1. The van der Waals surface area contributed by atoms with Crippen LogP contribution in [0.1, 0.15) is 24.2 Å². The second-order valence-corrected chi connectivity index (χ2v) is 3.85. The number of alkyl halides is 2. The number of amides is 1. The Labute approximate surface area is 114 Å². The van der Waals surface area contributed by atoms with E-state index in [0.717, 1.165) is 6.07 Å². The van der Waals surface area contributed by atoms with E-state index < -0.39 is 24.6 Å². The van der Waals surface area contributed by atoms with Crippen LogP contribution < -0.4 is 10.1 Å². The maximum atomic E-state index is 12.1. The van der Waals surface area contributed by atoms with Gasteiger partial charge in [0, 0.05) is 6.54 Å². The van der Waals surface area contributed by atoms with E-state index in [4.69, 9.17) is 4.74 Å². The summed E-state index contributed by atoms with van der Waals surface area (Å²) in [7, 11) is 0. The van der Waals surface area contributed by atoms with Crippen molar-refractivity contribution in [1.29, 1.82) is 0 Å². The standard InChI is InChI=1S/C13H15F2NO4/c1-3-16-11(17)8(2)19-12(18)9-5-4-6-10(7-9)20-13(14)15/h4-8,13H,3H2,1-2H3,(H,16,17)/t8-/m1/s1. The van der Waals surface area contributed by atoms with E-state index in [1.807, 2.05) is 0 Å². The first-order chi connectivity index (χ1) is 9.43. The second-order valence-electron chi connectivity index (χ2n) is 3.85. The minimum Gasteiger partial charge on any atom is -0.449 e. The minimum absolute atomic E-state index is 0.0271. The molecule has 0 aromatic heterocycles. The highest BCUT2D eigenvalue weighted by Crippen LogP contribution is 2.17. The van der Waals surface area contributed by atoms with Crippen LogP contribution in [-0.4, -0.2) is 31.1 Å². The molecule has 0 unspecified atom stereocenters. The van der Waals surface area contributed by atoms with Crippen LogP contribution in [0.25, 0.3) is 0 Å². The van der Waals surface area contributed by atoms with Crippen molar-refractivity contribution in [3.63, 3.8) is 0 Å². The van der Waals surface area contributed by atoms with Crippen LogP contribution >= 0.6 is 0 Å². The fourth-order valence-corrected chi connectivity index (χ4v) is 1.40. The van der Waals surface area contributed by atoms with E-state index in [9.17, 15) is 18.4 Å². The Hall–Kier alpha value is -2.18. The quantitative estimate of drug-likeness (QED) is 0.812. The third-order valence-electron chi connectivity index (χ3n) is 2.30. The molecule has 0 aliphatic carbocycles. The van der Waals surface area contributed by atoms with Crippen LogP contribution in [0, 0.1) is 0 Å². The summed E-state index contributed by atoms with van der Waals surface area (Å²) in [5, 5.41) is 2.50. The van der Waals surface area contributed by atoms with Gasteiger partial charge in [-0.2, -0.15) is 8.78 Å². The van der Waals surface area contributed by atoms with Crippen LogP contribution in [0.2, 0.25) is 0 Å². The predicted octanol–water partition coefficient (Wildman–Crippen LogP) is 1.97. The highest BCUT2D eigenvalue weighted by molar-refractivity contribution is 5.92. The summed E-state index contributed by atoms with van der Waals surface area (Å²) in [4.78, 5) is 23.2. The molecule has 0 heterocycles. The van der Waals surface area contributed by atoms with E-state index in [1.165, 1.54) is 25.1 Å². The summed E-state index contributed by atoms with van der Waals surface area (Å²) in [5.74, 6) is -1.37. The lowest BCUT2D eigenvalue weighted by molar-refractivity contribution is -0.128. The number of rotatable bonds is 6. The summed E-state index contributed by atoms with van der Waals surface area (Å²) in [6.07, 6.45) is -0.970. The first-order valence-corrected chi connectivity index (χ1v) is 5.97. The van der Waals surface area contributed by atoms with Gasteiger partial charge in [-0.3, -0.25) is 4.79 Å². The third-order valence-corrected chi connectivity index (χ3v) is 2.30. The second kappa shape index (κ2) is 7.42. The molecule has 5 nitrogen and oxygen atoms in total. The molecule has 0 spiro atoms. The molecule has 7 heteroatoms. The molecule has 0 aliphatic rings. The Bertz CT molecular complexity index is 479. The van der Waals surface area contributed by atoms with Crippen LogP contribution in [-0.2, 0) is 9.53 Å². The number of nitrogens with one attached hydrogen (secondary N) is 1. The molecule has 1 N–H and O–H groups in total. The molecule has 1 amide bonds. The van der Waals surface area contributed by atoms with Crippen molar-refractivity contribution in [1.82, 2.24) is 5.32 Å². The molecule has 0 aliphatic heterocycles. The van der Waals surface area contributed by atoms with Gasteiger partial charge in [0.25, 0.3) is 5.91 Å². The number of ether oxygens (including phenoxy) is 2. The first kappa shape index (κ1) is 15.9. The number of esters is 1. The van der Waals surface area contributed by atoms with Crippen LogP contribution in [0.4, 0.5) is 8.78 Å². The number of benzene rings is 1. The molecule has 110 valence electrons. The topological polar surface area (TPSA) is 64.6 Å². The fraction of sp³-hybridized carbons (Fsp3) is 0.385. The monoisotopic (exact) mass is 287 g/mol. The Morgan fingerprint density at radius 2 is 2.05 bits per heavy atom. The lowest BCUT2D eigenvalue weighted by Crippen LogP contribution is -2.35. The van der Waals surface area contributed by atoms with Gasteiger partial charge in [0.15, 0.2) is 6.10 Å². The molecule has 1 aromatic carbocycles. The van der Waals surface area contributed by atoms with E-state index >= 15 is 0 Å². The lowest BCUT2D eigenvalue weighted by Gasteiger charge is -2.13. The molecule has 0 radical (unpaired) electrons. The smallest absolute Gasteiger partial charge is 0.387 e. The van der Waals surface area contributed by atoms with E-state index in [1.54, 1.807) is 6.92 Å². The predicted molar refractivity (Wildman–Crippen MR) is 66.6 cm³/mol. The van der Waals surface area contributed by atoms with E-state index in [2.05, 4.69) is 10.1 Å². The van der Waals surface area contributed by atoms with Crippen molar-refractivity contribution in [2.24, 2.45) is 0 Å². The number of hydrogen-bond acceptors (Lipinski definition) is 4. The summed E-state index contributed by atoms with van der Waals surface area (Å²) in [6.45, 7) is 0.592. The van der Waals surface area contributed by atoms with E-state index in [-0.39, 0.29) is 11.3 Å². The fourth-order valence-electron chi connectivity index (χ4n) is 1.40. The Morgan fingerprint density at radius 1 is 1.35 bits per heavy atom. The van der Waals surface area contributed by atoms with Crippen LogP contribution in [0.5, 0.6) is 5.75 Å². The largest absolute Gasteiger partial charge is 0.449 e. The van der Waals surface area contributed by atoms with Crippen molar-refractivity contribution in [3.8, 4) is 5.75 Å². The molecule has 0 saturated carbocycles. The molecule has 0 bridgehead atoms. The molecule has 1 aromatic rings. The summed E-state index contributed by atoms with van der Waals surface area (Å²) >= 11 is 0. The molecular weight excluding hydrogens is 272 g/mol. The first-order valence-electron chi connectivity index (χ1n) is 5.97. The lowest BCUT2D eigenvalue weighted by atomic mass is 10.2. The van der Waals surface area contributed by atoms with Crippen molar-refractivity contribution in [3.05, 3.63) is 29.8 Å². The van der Waals surface area contributed by atoms with Crippen LogP contribution in [0.3, 0.4) is 0 Å². The molecule has 1 rings (SSSR count). The maximum Gasteiger partial charge on any atom is 0.387 e. The van der Waals surface area contributed by atoms with Gasteiger partial charge in [0.05, 0.1) is 5.56 Å². The van der Waals surface area contributed by atoms with Gasteiger partial charge in [-0.1, -0.05) is 6.07 Å². The average Bonchev–Trinajstić information content (AvgIpc) is 2.38. The number of carbonyl (C=O) groups is 2. The molecule has 0 saturated heterocycles. The van der Waals surface area contributed by atoms with Crippen molar-refractivity contribution in [2.45, 2.75) is 26.6 Å². The van der Waals surface area contributed by atoms with Crippen molar-refractivity contribution in [2.75, 3.05) is 6.54 Å². The molecule has 1 atom stereocenters. The zero-order valence-corrected chi connectivity index (χ0v) is 11.1. The highest BCUT2D eigenvalue weighted by atomic mass is 19.3. The van der Waals surface area contributed by atoms with Gasteiger partial charge in [0.1, 0.15) is 5.75 Å². The highest BCUT2D eigenvalue weighted by Gasteiger charge is 2.18. The normalized spacial score (nSPS) is 11.8. The summed E-state index contributed by atoms with van der Waals surface area (Å²) < 4.78 is 33.2. The molecule has 20 heavy (non-hydrogen) atoms. The van der Waals surface area contributed by atoms with Gasteiger partial charge in [-0.05, 0) is 32.0 Å². The number of carbonyl (C=O) groups excluding carboxylic acids is 2. The summed E-state index contributed by atoms with van der Waals surface area (Å²) in [6, 6.07) is 5.17.